The molecule has 0 aliphatic heterocycles. The largest absolute Gasteiger partial charge is 0.476 e. The quantitative estimate of drug-likeness (QED) is 0.0510. The highest BCUT2D eigenvalue weighted by Crippen LogP contribution is 2.18. The summed E-state index contributed by atoms with van der Waals surface area (Å²) >= 11 is 0. The number of hydrogen-bond acceptors (Lipinski definition) is 67. The molecule has 812 valence electrons. The van der Waals surface area contributed by atoms with Gasteiger partial charge in [0.1, 0.15) is 0 Å². The standard InChI is InChI=1S/C35H138O67Si33/c1-36-103(37-2)71-105(40-5)73-107(42-7)75-109(44-9)77-111(46-11)79-113(48-13)81-115(50-15)83-117(52-17)85-119(54-19)87-121(56-21)89-123(58-23)91-125(60-25)93-127(62-27)95-129(64-29)97-131(66-31)99-133(68-33)101-135(70-35)102-134(69-34)100-132(67-32)98-130(65-30)96-128(63-28)94-126(61-26)92-124(59-24)90-122(57-22)88-120(55-20)86-118(53-18)84-116(51-16)82-114(49-14)80-112(47-12)78-110(45-10)76-108(43-8)74-106(41-6)72-104(38-3)39-4/h103-135H,1-35H3. The molecule has 0 aliphatic rings. The van der Waals surface area contributed by atoms with Gasteiger partial charge >= 0.3 is 314 Å². The van der Waals surface area contributed by atoms with Gasteiger partial charge in [-0.3, -0.25) is 0 Å². The third-order valence-electron chi connectivity index (χ3n) is 13.8. The molecule has 0 N–H and O–H groups in total. The van der Waals surface area contributed by atoms with Crippen molar-refractivity contribution < 1.29 is 287 Å². The summed E-state index contributed by atoms with van der Waals surface area (Å²) in [6, 6.07) is 0. The van der Waals surface area contributed by atoms with Gasteiger partial charge in [-0.2, -0.15) is 0 Å². The molecular weight excluding hydrogens is 2420 g/mol. The van der Waals surface area contributed by atoms with Crippen molar-refractivity contribution in [2.45, 2.75) is 0 Å². The maximum atomic E-state index is 6.10. The zero-order valence-electron chi connectivity index (χ0n) is 81.4. The zero-order valence-corrected chi connectivity index (χ0v) is 120. The highest BCUT2D eigenvalue weighted by molar-refractivity contribution is 6.73. The molecule has 30 atom stereocenters. The first-order chi connectivity index (χ1) is 65.2. The molecule has 0 fully saturated rings. The topological polar surface area (TPSA) is 618 Å². The van der Waals surface area contributed by atoms with Gasteiger partial charge in [-0.05, 0) is 0 Å². The van der Waals surface area contributed by atoms with Crippen molar-refractivity contribution in [1.29, 1.82) is 0 Å². The third-order valence-corrected chi connectivity index (χ3v) is 84.2. The van der Waals surface area contributed by atoms with E-state index in [0.29, 0.717) is 0 Å². The van der Waals surface area contributed by atoms with Crippen LogP contribution in [-0.4, -0.2) is 563 Å². The van der Waals surface area contributed by atoms with Gasteiger partial charge in [0, 0.05) is 249 Å². The minimum atomic E-state index is -3.27. The lowest BCUT2D eigenvalue weighted by molar-refractivity contribution is 0.0979. The normalized spacial score (nSPS) is 19.5. The first kappa shape index (κ1) is 139. The Morgan fingerprint density at radius 3 is 0.111 bits per heavy atom. The Balaban J connectivity index is 5.87. The summed E-state index contributed by atoms with van der Waals surface area (Å²) in [5.41, 5.74) is 0. The van der Waals surface area contributed by atoms with E-state index in [1.54, 1.807) is 0 Å². The van der Waals surface area contributed by atoms with Gasteiger partial charge < -0.3 is 287 Å². The molecule has 0 bridgehead atoms. The van der Waals surface area contributed by atoms with E-state index in [4.69, 9.17) is 287 Å². The van der Waals surface area contributed by atoms with Crippen molar-refractivity contribution in [3.05, 3.63) is 0 Å². The first-order valence-electron chi connectivity index (χ1n) is 37.6. The summed E-state index contributed by atoms with van der Waals surface area (Å²) in [7, 11) is -55.8. The van der Waals surface area contributed by atoms with Crippen LogP contribution in [0.4, 0.5) is 0 Å². The molecule has 30 unspecified atom stereocenters. The van der Waals surface area contributed by atoms with Crippen LogP contribution < -0.4 is 0 Å². The Morgan fingerprint density at radius 2 is 0.0815 bits per heavy atom. The Morgan fingerprint density at radius 1 is 0.0519 bits per heavy atom. The summed E-state index contributed by atoms with van der Waals surface area (Å²) in [4.78, 5) is 0. The zero-order chi connectivity index (χ0) is 101. The van der Waals surface area contributed by atoms with Crippen molar-refractivity contribution in [2.24, 2.45) is 0 Å². The molecule has 0 saturated heterocycles. The Kier molecular flexibility index (Phi) is 93.0. The van der Waals surface area contributed by atoms with Crippen molar-refractivity contribution in [1.82, 2.24) is 0 Å². The fourth-order valence-corrected chi connectivity index (χ4v) is 86.6. The molecule has 0 spiro atoms. The molecule has 67 nitrogen and oxygen atoms in total. The minimum Gasteiger partial charge on any atom is -0.380 e. The minimum absolute atomic E-state index is 1.33. The Bertz CT molecular complexity index is 2370. The van der Waals surface area contributed by atoms with Crippen molar-refractivity contribution in [2.75, 3.05) is 249 Å². The molecule has 0 aliphatic carbocycles. The van der Waals surface area contributed by atoms with Crippen LogP contribution in [0.1, 0.15) is 0 Å². The summed E-state index contributed by atoms with van der Waals surface area (Å²) in [6.07, 6.45) is 0. The van der Waals surface area contributed by atoms with Crippen molar-refractivity contribution in [3.8, 4) is 0 Å². The second-order valence-corrected chi connectivity index (χ2v) is 92.5. The van der Waals surface area contributed by atoms with Crippen LogP contribution in [0.3, 0.4) is 0 Å². The molecule has 0 heterocycles. The van der Waals surface area contributed by atoms with E-state index in [1.807, 2.05) is 0 Å². The Hall–Kier alpha value is 4.48. The van der Waals surface area contributed by atoms with Crippen molar-refractivity contribution >= 4 is 314 Å². The van der Waals surface area contributed by atoms with E-state index >= 15 is 0 Å². The molecule has 0 aromatic carbocycles. The second kappa shape index (κ2) is 90.1. The molecule has 135 heavy (non-hydrogen) atoms. The van der Waals surface area contributed by atoms with E-state index in [-0.39, 0.29) is 0 Å². The van der Waals surface area contributed by atoms with Gasteiger partial charge in [-0.15, -0.1) is 0 Å². The average Bonchev–Trinajstić information content (AvgIpc) is 0.898. The van der Waals surface area contributed by atoms with Crippen LogP contribution in [-0.2, 0) is 287 Å². The highest BCUT2D eigenvalue weighted by Gasteiger charge is 2.46. The predicted molar refractivity (Wildman–Crippen MR) is 516 cm³/mol. The van der Waals surface area contributed by atoms with Gasteiger partial charge in [0.2, 0.25) is 0 Å². The maximum Gasteiger partial charge on any atom is 0.476 e. The van der Waals surface area contributed by atoms with E-state index in [0.717, 1.165) is 0 Å². The molecule has 0 aromatic rings. The van der Waals surface area contributed by atoms with E-state index in [9.17, 15) is 0 Å². The molecule has 0 amide bonds. The monoisotopic (exact) mass is 2550 g/mol. The third kappa shape index (κ3) is 62.9. The molecule has 0 rings (SSSR count). The maximum absolute atomic E-state index is 6.10. The summed E-state index contributed by atoms with van der Waals surface area (Å²) < 4.78 is 386. The predicted octanol–water partition coefficient (Wildman–Crippen LogP) is -20.2. The van der Waals surface area contributed by atoms with Gasteiger partial charge in [0.25, 0.3) is 0 Å². The molecule has 0 aromatic heterocycles. The second-order valence-electron chi connectivity index (χ2n) is 22.1. The lowest BCUT2D eigenvalue weighted by Crippen LogP contribution is -2.51. The van der Waals surface area contributed by atoms with Crippen LogP contribution in [0.5, 0.6) is 0 Å². The van der Waals surface area contributed by atoms with Crippen molar-refractivity contribution in [3.63, 3.8) is 0 Å². The van der Waals surface area contributed by atoms with Crippen LogP contribution in [0.2, 0.25) is 0 Å². The van der Waals surface area contributed by atoms with Crippen LogP contribution in [0.15, 0.2) is 0 Å². The van der Waals surface area contributed by atoms with E-state index in [2.05, 4.69) is 0 Å². The molecule has 0 radical (unpaired) electrons. The smallest absolute Gasteiger partial charge is 0.380 e. The highest BCUT2D eigenvalue weighted by atomic mass is 28.5. The van der Waals surface area contributed by atoms with Gasteiger partial charge in [-0.1, -0.05) is 0 Å². The lowest BCUT2D eigenvalue weighted by atomic mass is 11.8. The summed E-state index contributed by atoms with van der Waals surface area (Å²) in [5, 5.41) is 0. The van der Waals surface area contributed by atoms with Crippen LogP contribution in [0.25, 0.3) is 0 Å². The van der Waals surface area contributed by atoms with Crippen LogP contribution in [0, 0.1) is 0 Å². The lowest BCUT2D eigenvalue weighted by Gasteiger charge is -2.29. The molecule has 0 saturated carbocycles. The number of rotatable bonds is 99. The van der Waals surface area contributed by atoms with E-state index < -0.39 is 314 Å². The van der Waals surface area contributed by atoms with Crippen LogP contribution >= 0.6 is 0 Å². The SMILES string of the molecule is CO[SiH](OC)O[SiH](OC)O[SiH](OC)O[SiH](OC)O[SiH](OC)O[SiH](OC)O[SiH](OC)O[SiH](OC)O[SiH](OC)O[SiH](OC)O[SiH](OC)O[SiH](OC)O[SiH](OC)O[SiH](OC)O[SiH](OC)O[SiH](OC)O[SiH](OC)O[SiH](OC)O[SiH](OC)O[SiH](OC)O[SiH](OC)O[SiH](OC)O[SiH](OC)O[SiH](OC)O[SiH](OC)O[SiH](OC)O[SiH](OC)O[SiH](OC)O[SiH](OC)O[SiH](OC)O[SiH](OC)O[SiH](OC)O[SiH](OC)OC. The van der Waals surface area contributed by atoms with Gasteiger partial charge in [-0.25, -0.2) is 0 Å². The molecule has 100 heteroatoms. The summed E-state index contributed by atoms with van der Waals surface area (Å²) in [5.74, 6) is 0. The molecular formula is C35H138O67Si33. The summed E-state index contributed by atoms with van der Waals surface area (Å²) in [6.45, 7) is 0. The van der Waals surface area contributed by atoms with Gasteiger partial charge in [0.15, 0.2) is 0 Å². The van der Waals surface area contributed by atoms with E-state index in [1.165, 1.54) is 249 Å². The fraction of sp³-hybridized carbons (Fsp3) is 1.00. The Labute approximate surface area is 843 Å². The fourth-order valence-electron chi connectivity index (χ4n) is 7.76. The van der Waals surface area contributed by atoms with Gasteiger partial charge in [0.05, 0.1) is 0 Å². The first-order valence-corrected chi connectivity index (χ1v) is 84.3. The average molecular weight is 2560 g/mol. The number of hydrogen-bond donors (Lipinski definition) is 0.